The van der Waals surface area contributed by atoms with Crippen molar-refractivity contribution in [2.75, 3.05) is 6.73 Å². The molecule has 0 unspecified atom stereocenters. The molecule has 0 aliphatic carbocycles. The van der Waals surface area contributed by atoms with Gasteiger partial charge in [0.05, 0.1) is 0 Å². The Morgan fingerprint density at radius 2 is 2.00 bits per heavy atom. The Balaban J connectivity index is 2.50. The number of hydrogen-bond donors (Lipinski definition) is 0. The fourth-order valence-electron chi connectivity index (χ4n) is 0.618. The number of ether oxygens (including phenoxy) is 1. The molecule has 0 N–H and O–H groups in total. The van der Waals surface area contributed by atoms with Crippen LogP contribution in [0.15, 0.2) is 35.5 Å². The summed E-state index contributed by atoms with van der Waals surface area (Å²) in [5, 5.41) is 2.56. The zero-order valence-electron chi connectivity index (χ0n) is 5.36. The van der Waals surface area contributed by atoms with Gasteiger partial charge in [-0.25, -0.2) is 0 Å². The summed E-state index contributed by atoms with van der Waals surface area (Å²) in [6.07, 6.45) is 0. The van der Waals surface area contributed by atoms with E-state index < -0.39 is 0 Å². The third-order valence-corrected chi connectivity index (χ3v) is 1.03. The molecule has 0 aliphatic heterocycles. The van der Waals surface area contributed by atoms with E-state index in [1.54, 1.807) is 12.1 Å². The third kappa shape index (κ3) is 1.85. The van der Waals surface area contributed by atoms with Gasteiger partial charge in [-0.3, -0.25) is 0 Å². The molecule has 0 aromatic heterocycles. The van der Waals surface area contributed by atoms with Crippen LogP contribution < -0.4 is 4.74 Å². The molecule has 1 aromatic carbocycles. The van der Waals surface area contributed by atoms with Gasteiger partial charge in [0.25, 0.3) is 0 Å². The Hall–Kier alpha value is -1.38. The Morgan fingerprint density at radius 3 is 2.60 bits per heavy atom. The number of hydrogen-bond acceptors (Lipinski definition) is 3. The summed E-state index contributed by atoms with van der Waals surface area (Å²) in [5.41, 5.74) is 0. The molecule has 3 heteroatoms. The van der Waals surface area contributed by atoms with Gasteiger partial charge in [-0.1, -0.05) is 18.2 Å². The summed E-state index contributed by atoms with van der Waals surface area (Å²) in [5.74, 6) is 0.669. The van der Waals surface area contributed by atoms with Crippen molar-refractivity contribution < 1.29 is 4.74 Å². The Morgan fingerprint density at radius 1 is 1.30 bits per heavy atom. The van der Waals surface area contributed by atoms with E-state index in [1.165, 1.54) is 0 Å². The lowest BCUT2D eigenvalue weighted by Crippen LogP contribution is -1.90. The van der Waals surface area contributed by atoms with Crippen LogP contribution in [-0.4, -0.2) is 6.73 Å². The Kier molecular flexibility index (Phi) is 2.43. The second-order valence-electron chi connectivity index (χ2n) is 1.72. The molecule has 0 fully saturated rings. The highest BCUT2D eigenvalue weighted by atomic mass is 16.5. The van der Waals surface area contributed by atoms with Crippen LogP contribution in [0.5, 0.6) is 5.75 Å². The second-order valence-corrected chi connectivity index (χ2v) is 1.72. The molecule has 0 aliphatic rings. The maximum absolute atomic E-state index is 9.60. The SMILES string of the molecule is O=NCOc1ccccc1. The van der Waals surface area contributed by atoms with Crippen molar-refractivity contribution in [1.29, 1.82) is 0 Å². The number of para-hydroxylation sites is 1. The van der Waals surface area contributed by atoms with E-state index in [1.807, 2.05) is 18.2 Å². The Labute approximate surface area is 58.6 Å². The van der Waals surface area contributed by atoms with Crippen LogP contribution in [0.2, 0.25) is 0 Å². The minimum atomic E-state index is -0.121. The lowest BCUT2D eigenvalue weighted by atomic mass is 10.3. The fraction of sp³-hybridized carbons (Fsp3) is 0.143. The lowest BCUT2D eigenvalue weighted by molar-refractivity contribution is 0.330. The van der Waals surface area contributed by atoms with Gasteiger partial charge in [0.2, 0.25) is 6.73 Å². The molecule has 0 spiro atoms. The van der Waals surface area contributed by atoms with Gasteiger partial charge >= 0.3 is 0 Å². The van der Waals surface area contributed by atoms with Gasteiger partial charge in [-0.15, -0.1) is 4.91 Å². The molecule has 0 saturated carbocycles. The number of nitrogens with zero attached hydrogens (tertiary/aromatic N) is 1. The second kappa shape index (κ2) is 3.61. The fourth-order valence-corrected chi connectivity index (χ4v) is 0.618. The van der Waals surface area contributed by atoms with Crippen LogP contribution in [0.3, 0.4) is 0 Å². The summed E-state index contributed by atoms with van der Waals surface area (Å²) in [6, 6.07) is 9.08. The van der Waals surface area contributed by atoms with Crippen LogP contribution in [0.1, 0.15) is 0 Å². The summed E-state index contributed by atoms with van der Waals surface area (Å²) in [4.78, 5) is 9.60. The minimum absolute atomic E-state index is 0.121. The topological polar surface area (TPSA) is 38.7 Å². The monoisotopic (exact) mass is 137 g/mol. The van der Waals surface area contributed by atoms with Crippen LogP contribution in [0, 0.1) is 4.91 Å². The van der Waals surface area contributed by atoms with Gasteiger partial charge < -0.3 is 4.74 Å². The molecule has 1 aromatic rings. The Bertz CT molecular complexity index is 198. The van der Waals surface area contributed by atoms with E-state index in [9.17, 15) is 4.91 Å². The van der Waals surface area contributed by atoms with Gasteiger partial charge in [0.15, 0.2) is 0 Å². The molecule has 10 heavy (non-hydrogen) atoms. The first kappa shape index (κ1) is 6.74. The number of rotatable bonds is 3. The molecule has 1 rings (SSSR count). The summed E-state index contributed by atoms with van der Waals surface area (Å²) >= 11 is 0. The maximum atomic E-state index is 9.60. The van der Waals surface area contributed by atoms with Gasteiger partial charge in [-0.05, 0) is 17.3 Å². The predicted molar refractivity (Wildman–Crippen MR) is 37.7 cm³/mol. The first-order chi connectivity index (χ1) is 4.93. The highest BCUT2D eigenvalue weighted by Crippen LogP contribution is 2.07. The van der Waals surface area contributed by atoms with E-state index in [0.717, 1.165) is 0 Å². The normalized spacial score (nSPS) is 8.80. The lowest BCUT2D eigenvalue weighted by Gasteiger charge is -1.97. The van der Waals surface area contributed by atoms with Crippen molar-refractivity contribution >= 4 is 0 Å². The molecule has 0 amide bonds. The van der Waals surface area contributed by atoms with Crippen molar-refractivity contribution in [3.63, 3.8) is 0 Å². The van der Waals surface area contributed by atoms with E-state index in [0.29, 0.717) is 5.75 Å². The van der Waals surface area contributed by atoms with Crippen molar-refractivity contribution in [3.8, 4) is 5.75 Å². The van der Waals surface area contributed by atoms with Crippen molar-refractivity contribution in [2.45, 2.75) is 0 Å². The molecule has 0 radical (unpaired) electrons. The van der Waals surface area contributed by atoms with E-state index in [4.69, 9.17) is 4.74 Å². The quantitative estimate of drug-likeness (QED) is 0.595. The first-order valence-corrected chi connectivity index (χ1v) is 2.90. The van der Waals surface area contributed by atoms with Crippen molar-refractivity contribution in [3.05, 3.63) is 35.2 Å². The van der Waals surface area contributed by atoms with Gasteiger partial charge in [-0.2, -0.15) is 0 Å². The maximum Gasteiger partial charge on any atom is 0.219 e. The van der Waals surface area contributed by atoms with Crippen LogP contribution >= 0.6 is 0 Å². The van der Waals surface area contributed by atoms with Crippen LogP contribution in [0.25, 0.3) is 0 Å². The summed E-state index contributed by atoms with van der Waals surface area (Å²) < 4.78 is 4.88. The minimum Gasteiger partial charge on any atom is -0.468 e. The average Bonchev–Trinajstić information content (AvgIpc) is 2.03. The summed E-state index contributed by atoms with van der Waals surface area (Å²) in [7, 11) is 0. The molecule has 3 nitrogen and oxygen atoms in total. The molecular formula is C7H7NO2. The van der Waals surface area contributed by atoms with Gasteiger partial charge in [0.1, 0.15) is 5.75 Å². The van der Waals surface area contributed by atoms with E-state index in [-0.39, 0.29) is 6.73 Å². The summed E-state index contributed by atoms with van der Waals surface area (Å²) in [6.45, 7) is -0.121. The molecular weight excluding hydrogens is 130 g/mol. The predicted octanol–water partition coefficient (Wildman–Crippen LogP) is 1.79. The standard InChI is InChI=1S/C7H7NO2/c9-8-6-10-7-4-2-1-3-5-7/h1-5H,6H2. The third-order valence-electron chi connectivity index (χ3n) is 1.03. The largest absolute Gasteiger partial charge is 0.468 e. The molecule has 0 heterocycles. The van der Waals surface area contributed by atoms with Crippen molar-refractivity contribution in [1.82, 2.24) is 0 Å². The van der Waals surface area contributed by atoms with Gasteiger partial charge in [0, 0.05) is 0 Å². The van der Waals surface area contributed by atoms with E-state index >= 15 is 0 Å². The number of benzene rings is 1. The smallest absolute Gasteiger partial charge is 0.219 e. The van der Waals surface area contributed by atoms with Crippen LogP contribution in [0.4, 0.5) is 0 Å². The zero-order valence-corrected chi connectivity index (χ0v) is 5.36. The molecule has 0 bridgehead atoms. The highest BCUT2D eigenvalue weighted by Gasteiger charge is 1.86. The first-order valence-electron chi connectivity index (χ1n) is 2.90. The van der Waals surface area contributed by atoms with Crippen molar-refractivity contribution in [2.24, 2.45) is 5.18 Å². The molecule has 0 atom stereocenters. The average molecular weight is 137 g/mol. The van der Waals surface area contributed by atoms with E-state index in [2.05, 4.69) is 5.18 Å². The highest BCUT2D eigenvalue weighted by molar-refractivity contribution is 5.20. The molecule has 52 valence electrons. The number of nitroso groups, excluding NO2 is 1. The van der Waals surface area contributed by atoms with Crippen LogP contribution in [-0.2, 0) is 0 Å². The zero-order chi connectivity index (χ0) is 7.23. The molecule has 0 saturated heterocycles.